The number of phenols is 1. The van der Waals surface area contributed by atoms with Gasteiger partial charge in [0.1, 0.15) is 17.3 Å². The first kappa shape index (κ1) is 19.9. The highest BCUT2D eigenvalue weighted by atomic mass is 79.9. The van der Waals surface area contributed by atoms with Gasteiger partial charge in [-0.05, 0) is 45.8 Å². The fourth-order valence-corrected chi connectivity index (χ4v) is 3.62. The smallest absolute Gasteiger partial charge is 0.506 e. The third-order valence-corrected chi connectivity index (χ3v) is 4.90. The lowest BCUT2D eigenvalue weighted by Crippen LogP contribution is -2.45. The predicted molar refractivity (Wildman–Crippen MR) is 95.2 cm³/mol. The van der Waals surface area contributed by atoms with Crippen LogP contribution in [0.3, 0.4) is 0 Å². The van der Waals surface area contributed by atoms with E-state index in [0.29, 0.717) is 37.3 Å². The lowest BCUT2D eigenvalue weighted by molar-refractivity contribution is -0.274. The molecular weight excluding hydrogens is 432 g/mol. The monoisotopic (exact) mass is 448 g/mol. The van der Waals surface area contributed by atoms with Crippen LogP contribution < -0.4 is 10.1 Å². The first-order valence-corrected chi connectivity index (χ1v) is 9.02. The normalized spacial score (nSPS) is 16.9. The van der Waals surface area contributed by atoms with Gasteiger partial charge < -0.3 is 15.2 Å². The van der Waals surface area contributed by atoms with Crippen molar-refractivity contribution in [3.8, 4) is 11.5 Å². The van der Waals surface area contributed by atoms with Crippen molar-refractivity contribution < 1.29 is 27.4 Å². The van der Waals surface area contributed by atoms with Crippen molar-refractivity contribution in [3.05, 3.63) is 57.8 Å². The van der Waals surface area contributed by atoms with Crippen molar-refractivity contribution >= 4 is 15.9 Å². The fourth-order valence-electron chi connectivity index (χ4n) is 3.17. The van der Waals surface area contributed by atoms with Gasteiger partial charge >= 0.3 is 6.36 Å². The van der Waals surface area contributed by atoms with Gasteiger partial charge in [-0.3, -0.25) is 4.90 Å². The largest absolute Gasteiger partial charge is 0.573 e. The number of phenolic OH excluding ortho intramolecular Hbond substituents is 1. The van der Waals surface area contributed by atoms with Crippen LogP contribution in [-0.4, -0.2) is 42.5 Å². The van der Waals surface area contributed by atoms with E-state index in [4.69, 9.17) is 0 Å². The van der Waals surface area contributed by atoms with Gasteiger partial charge in [-0.1, -0.05) is 12.1 Å². The predicted octanol–water partition coefficient (Wildman–Crippen LogP) is 4.19. The molecule has 0 aromatic heterocycles. The summed E-state index contributed by atoms with van der Waals surface area (Å²) >= 11 is 3.14. The minimum atomic E-state index is -4.77. The maximum absolute atomic E-state index is 14.0. The Kier molecular flexibility index (Phi) is 5.92. The molecule has 1 fully saturated rings. The molecule has 0 unspecified atom stereocenters. The number of ether oxygens (including phenoxy) is 1. The Morgan fingerprint density at radius 3 is 2.33 bits per heavy atom. The van der Waals surface area contributed by atoms with Crippen molar-refractivity contribution in [2.24, 2.45) is 0 Å². The summed E-state index contributed by atoms with van der Waals surface area (Å²) in [6.07, 6.45) is -4.77. The molecule has 0 spiro atoms. The molecule has 3 rings (SSSR count). The third kappa shape index (κ3) is 4.91. The number of aromatic hydroxyl groups is 1. The molecule has 27 heavy (non-hydrogen) atoms. The summed E-state index contributed by atoms with van der Waals surface area (Å²) in [6, 6.07) is 7.30. The van der Waals surface area contributed by atoms with Crippen LogP contribution in [0.1, 0.15) is 17.2 Å². The quantitative estimate of drug-likeness (QED) is 0.688. The highest BCUT2D eigenvalue weighted by Gasteiger charge is 2.32. The summed E-state index contributed by atoms with van der Waals surface area (Å²) in [5.41, 5.74) is 0.965. The first-order valence-electron chi connectivity index (χ1n) is 8.23. The maximum atomic E-state index is 14.0. The number of halogens is 5. The molecule has 1 atom stereocenters. The van der Waals surface area contributed by atoms with E-state index in [1.807, 2.05) is 4.90 Å². The van der Waals surface area contributed by atoms with Gasteiger partial charge in [0.25, 0.3) is 0 Å². The number of alkyl halides is 3. The number of hydrogen-bond donors (Lipinski definition) is 2. The van der Waals surface area contributed by atoms with Crippen LogP contribution in [0.4, 0.5) is 17.6 Å². The molecule has 0 aliphatic carbocycles. The van der Waals surface area contributed by atoms with Crippen molar-refractivity contribution in [1.29, 1.82) is 0 Å². The number of nitrogens with zero attached hydrogens (tertiary/aromatic N) is 1. The Morgan fingerprint density at radius 1 is 1.11 bits per heavy atom. The molecular formula is C18H17BrF4N2O2. The van der Waals surface area contributed by atoms with Gasteiger partial charge in [-0.2, -0.15) is 0 Å². The molecule has 4 nitrogen and oxygen atoms in total. The Balaban J connectivity index is 2.00. The minimum Gasteiger partial charge on any atom is -0.506 e. The van der Waals surface area contributed by atoms with E-state index >= 15 is 0 Å². The highest BCUT2D eigenvalue weighted by Crippen LogP contribution is 2.39. The zero-order valence-electron chi connectivity index (χ0n) is 14.1. The minimum absolute atomic E-state index is 0.101. The molecule has 2 N–H and O–H groups in total. The molecule has 1 heterocycles. The van der Waals surface area contributed by atoms with Gasteiger partial charge in [0.15, 0.2) is 0 Å². The molecule has 0 bridgehead atoms. The highest BCUT2D eigenvalue weighted by molar-refractivity contribution is 9.10. The second kappa shape index (κ2) is 8.04. The van der Waals surface area contributed by atoms with E-state index in [1.54, 1.807) is 0 Å². The average molecular weight is 449 g/mol. The van der Waals surface area contributed by atoms with E-state index in [9.17, 15) is 22.7 Å². The SMILES string of the molecule is Oc1c(Br)cc(F)cc1[C@H](c1ccc(OC(F)(F)F)cc1)N1CCNCC1. The molecule has 1 aliphatic heterocycles. The van der Waals surface area contributed by atoms with Gasteiger partial charge in [0.05, 0.1) is 10.5 Å². The summed E-state index contributed by atoms with van der Waals surface area (Å²) < 4.78 is 55.3. The van der Waals surface area contributed by atoms with E-state index in [2.05, 4.69) is 26.0 Å². The molecule has 146 valence electrons. The fraction of sp³-hybridized carbons (Fsp3) is 0.333. The lowest BCUT2D eigenvalue weighted by Gasteiger charge is -2.36. The van der Waals surface area contributed by atoms with Crippen LogP contribution in [0.5, 0.6) is 11.5 Å². The zero-order valence-corrected chi connectivity index (χ0v) is 15.6. The van der Waals surface area contributed by atoms with Crippen LogP contribution in [0.15, 0.2) is 40.9 Å². The first-order chi connectivity index (χ1) is 12.7. The summed E-state index contributed by atoms with van der Waals surface area (Å²) in [5.74, 6) is -0.961. The van der Waals surface area contributed by atoms with Gasteiger partial charge in [0.2, 0.25) is 0 Å². The maximum Gasteiger partial charge on any atom is 0.573 e. The number of rotatable bonds is 4. The summed E-state index contributed by atoms with van der Waals surface area (Å²) in [7, 11) is 0. The Morgan fingerprint density at radius 2 is 1.74 bits per heavy atom. The van der Waals surface area contributed by atoms with Crippen LogP contribution in [0, 0.1) is 5.82 Å². The standard InChI is InChI=1S/C18H17BrF4N2O2/c19-15-10-12(20)9-14(17(15)26)16(25-7-5-24-6-8-25)11-1-3-13(4-2-11)27-18(21,22)23/h1-4,9-10,16,24,26H,5-8H2/t16-/m0/s1. The number of benzene rings is 2. The molecule has 2 aromatic rings. The van der Waals surface area contributed by atoms with Gasteiger partial charge in [-0.15, -0.1) is 13.2 Å². The van der Waals surface area contributed by atoms with Crippen molar-refractivity contribution in [1.82, 2.24) is 10.2 Å². The molecule has 1 aliphatic rings. The topological polar surface area (TPSA) is 44.7 Å². The molecule has 0 radical (unpaired) electrons. The summed E-state index contributed by atoms with van der Waals surface area (Å²) in [6.45, 7) is 2.70. The Bertz CT molecular complexity index is 793. The second-order valence-corrected chi connectivity index (χ2v) is 6.99. The molecule has 9 heteroatoms. The van der Waals surface area contributed by atoms with Crippen molar-refractivity contribution in [3.63, 3.8) is 0 Å². The number of piperazine rings is 1. The van der Waals surface area contributed by atoms with Crippen molar-refractivity contribution in [2.75, 3.05) is 26.2 Å². The Labute approximate surface area is 161 Å². The van der Waals surface area contributed by atoms with Gasteiger partial charge in [0, 0.05) is 31.7 Å². The Hall–Kier alpha value is -1.84. The van der Waals surface area contributed by atoms with E-state index in [-0.39, 0.29) is 16.0 Å². The van der Waals surface area contributed by atoms with E-state index in [1.165, 1.54) is 30.3 Å². The number of hydrogen-bond acceptors (Lipinski definition) is 4. The number of nitrogens with one attached hydrogen (secondary N) is 1. The molecule has 0 amide bonds. The second-order valence-electron chi connectivity index (χ2n) is 6.13. The average Bonchev–Trinajstić information content (AvgIpc) is 2.60. The zero-order chi connectivity index (χ0) is 19.6. The van der Waals surface area contributed by atoms with Gasteiger partial charge in [-0.25, -0.2) is 4.39 Å². The van der Waals surface area contributed by atoms with E-state index < -0.39 is 18.2 Å². The van der Waals surface area contributed by atoms with Crippen LogP contribution in [0.25, 0.3) is 0 Å². The summed E-state index contributed by atoms with van der Waals surface area (Å²) in [4.78, 5) is 2.04. The van der Waals surface area contributed by atoms with Crippen LogP contribution in [-0.2, 0) is 0 Å². The molecule has 2 aromatic carbocycles. The molecule has 1 saturated heterocycles. The lowest BCUT2D eigenvalue weighted by atomic mass is 9.95. The summed E-state index contributed by atoms with van der Waals surface area (Å²) in [5, 5.41) is 13.7. The van der Waals surface area contributed by atoms with E-state index in [0.717, 1.165) is 6.07 Å². The van der Waals surface area contributed by atoms with Crippen molar-refractivity contribution in [2.45, 2.75) is 12.4 Å². The third-order valence-electron chi connectivity index (χ3n) is 4.30. The molecule has 0 saturated carbocycles. The van der Waals surface area contributed by atoms with Crippen LogP contribution in [0.2, 0.25) is 0 Å². The van der Waals surface area contributed by atoms with Crippen LogP contribution >= 0.6 is 15.9 Å².